The summed E-state index contributed by atoms with van der Waals surface area (Å²) in [6.07, 6.45) is 10.6. The Morgan fingerprint density at radius 2 is 1.65 bits per heavy atom. The smallest absolute Gasteiger partial charge is 0.246 e. The van der Waals surface area contributed by atoms with Crippen molar-refractivity contribution in [3.05, 3.63) is 65.7 Å². The Bertz CT molecular complexity index is 2210. The third kappa shape index (κ3) is 10.8. The number of aliphatic hydroxyl groups is 1. The van der Waals surface area contributed by atoms with Crippen LogP contribution >= 0.6 is 0 Å². The lowest BCUT2D eigenvalue weighted by molar-refractivity contribution is -0.144. The Kier molecular flexibility index (Phi) is 14.5. The number of piperazine rings is 1. The molecule has 15 nitrogen and oxygen atoms in total. The zero-order valence-electron chi connectivity index (χ0n) is 39.3. The second-order valence-electron chi connectivity index (χ2n) is 20.5. The van der Waals surface area contributed by atoms with Crippen LogP contribution in [0.15, 0.2) is 54.6 Å². The Labute approximate surface area is 390 Å². The molecule has 66 heavy (non-hydrogen) atoms. The minimum atomic E-state index is -0.840. The van der Waals surface area contributed by atoms with Crippen LogP contribution in [-0.2, 0) is 20.9 Å². The molecule has 1 aliphatic carbocycles. The summed E-state index contributed by atoms with van der Waals surface area (Å²) in [5, 5.41) is 39.3. The first-order valence-corrected chi connectivity index (χ1v) is 24.2. The number of likely N-dealkylation sites (tertiary alicyclic amines) is 3. The molecule has 1 saturated carbocycles. The molecule has 8 rings (SSSR count). The molecule has 5 aliphatic rings. The van der Waals surface area contributed by atoms with Crippen molar-refractivity contribution in [3.63, 3.8) is 0 Å². The van der Waals surface area contributed by atoms with Crippen LogP contribution in [0, 0.1) is 23.2 Å². The molecule has 3 amide bonds. The molecule has 1 spiro atoms. The fraction of sp³-hybridized carbons (Fsp3) is 0.588. The normalized spacial score (nSPS) is 22.3. The van der Waals surface area contributed by atoms with E-state index in [2.05, 4.69) is 64.7 Å². The number of terminal acetylenes is 1. The maximum absolute atomic E-state index is 14.0. The minimum absolute atomic E-state index is 0.0408. The lowest BCUT2D eigenvalue weighted by Crippen LogP contribution is -2.69. The number of phenols is 1. The molecule has 5 N–H and O–H groups in total. The number of nitrogens with one attached hydrogen (secondary N) is 3. The highest BCUT2D eigenvalue weighted by molar-refractivity contribution is 5.93. The summed E-state index contributed by atoms with van der Waals surface area (Å²) in [6.45, 7) is 18.1. The lowest BCUT2D eigenvalue weighted by atomic mass is 9.59. The Balaban J connectivity index is 0.730. The van der Waals surface area contributed by atoms with Crippen LogP contribution in [0.5, 0.6) is 5.75 Å². The van der Waals surface area contributed by atoms with Crippen LogP contribution in [-0.4, -0.2) is 160 Å². The number of amides is 3. The van der Waals surface area contributed by atoms with Crippen LogP contribution in [0.1, 0.15) is 83.8 Å². The topological polar surface area (TPSA) is 170 Å². The largest absolute Gasteiger partial charge is 0.507 e. The fourth-order valence-electron chi connectivity index (χ4n) is 10.9. The van der Waals surface area contributed by atoms with Gasteiger partial charge in [0.05, 0.1) is 17.5 Å². The van der Waals surface area contributed by atoms with E-state index in [1.54, 1.807) is 6.07 Å². The van der Waals surface area contributed by atoms with Crippen molar-refractivity contribution in [3.8, 4) is 29.4 Å². The summed E-state index contributed by atoms with van der Waals surface area (Å²) < 4.78 is 0. The van der Waals surface area contributed by atoms with Gasteiger partial charge >= 0.3 is 0 Å². The van der Waals surface area contributed by atoms with Crippen LogP contribution in [0.4, 0.5) is 11.5 Å². The van der Waals surface area contributed by atoms with E-state index >= 15 is 0 Å². The summed E-state index contributed by atoms with van der Waals surface area (Å²) >= 11 is 0. The molecule has 2 aromatic carbocycles. The summed E-state index contributed by atoms with van der Waals surface area (Å²) in [4.78, 5) is 52.4. The van der Waals surface area contributed by atoms with Crippen LogP contribution in [0.25, 0.3) is 11.3 Å². The highest BCUT2D eigenvalue weighted by Gasteiger charge is 2.55. The maximum atomic E-state index is 14.0. The van der Waals surface area contributed by atoms with E-state index in [-0.39, 0.29) is 43.0 Å². The number of β-amino-alcohol motifs (C(OH)–C–C–N with tert-alkyl or cyclic N) is 1. The van der Waals surface area contributed by atoms with Gasteiger partial charge in [-0.15, -0.1) is 16.6 Å². The van der Waals surface area contributed by atoms with E-state index in [1.807, 2.05) is 63.2 Å². The lowest BCUT2D eigenvalue weighted by Gasteiger charge is -2.63. The second kappa shape index (κ2) is 20.3. The van der Waals surface area contributed by atoms with Crippen molar-refractivity contribution >= 4 is 29.2 Å². The van der Waals surface area contributed by atoms with Crippen molar-refractivity contribution in [2.75, 3.05) is 82.2 Å². The molecule has 15 heteroatoms. The number of hydrogen-bond acceptors (Lipinski definition) is 12. The number of aliphatic hydroxyl groups excluding tert-OH is 1. The number of anilines is 2. The molecular weight excluding hydrogens is 833 g/mol. The van der Waals surface area contributed by atoms with Gasteiger partial charge in [-0.25, -0.2) is 0 Å². The van der Waals surface area contributed by atoms with E-state index in [4.69, 9.17) is 6.42 Å². The highest BCUT2D eigenvalue weighted by atomic mass is 16.3. The number of aromatic hydroxyl groups is 1. The van der Waals surface area contributed by atoms with Gasteiger partial charge in [0, 0.05) is 95.0 Å². The van der Waals surface area contributed by atoms with E-state index in [0.29, 0.717) is 41.6 Å². The highest BCUT2D eigenvalue weighted by Crippen LogP contribution is 2.51. The molecule has 1 aromatic heterocycles. The SMILES string of the molecule is C#Cc1ccc(CNC(=O)[C@@H]2C[C@@H](O)CN2C(=O)[C@@H](NC(=O)CCCN2CCC(N3CC4(CC(N5CCN(c6cc(-c7ccccc7O)nnc6NCC)CC5)C4)C3)CC2)C(C)(C)C)cc1. The van der Waals surface area contributed by atoms with Gasteiger partial charge in [-0.3, -0.25) is 24.2 Å². The van der Waals surface area contributed by atoms with Gasteiger partial charge < -0.3 is 40.9 Å². The minimum Gasteiger partial charge on any atom is -0.507 e. The van der Waals surface area contributed by atoms with Gasteiger partial charge in [-0.05, 0) is 105 Å². The number of carbonyl (C=O) groups is 3. The zero-order chi connectivity index (χ0) is 46.6. The number of nitrogens with zero attached hydrogens (tertiary/aromatic N) is 7. The number of carbonyl (C=O) groups excluding carboxylic acids is 3. The first kappa shape index (κ1) is 47.2. The first-order chi connectivity index (χ1) is 31.7. The van der Waals surface area contributed by atoms with Crippen molar-refractivity contribution in [2.24, 2.45) is 10.8 Å². The molecule has 3 atom stereocenters. The molecule has 0 bridgehead atoms. The molecule has 354 valence electrons. The van der Waals surface area contributed by atoms with Crippen molar-refractivity contribution in [2.45, 2.75) is 109 Å². The van der Waals surface area contributed by atoms with Crippen LogP contribution in [0.3, 0.4) is 0 Å². The van der Waals surface area contributed by atoms with E-state index in [1.165, 1.54) is 30.8 Å². The van der Waals surface area contributed by atoms with E-state index < -0.39 is 23.6 Å². The molecule has 5 fully saturated rings. The van der Waals surface area contributed by atoms with E-state index in [9.17, 15) is 24.6 Å². The van der Waals surface area contributed by atoms with Gasteiger partial charge in [0.25, 0.3) is 0 Å². The number of para-hydroxylation sites is 1. The molecule has 0 radical (unpaired) electrons. The quantitative estimate of drug-likeness (QED) is 0.140. The van der Waals surface area contributed by atoms with Gasteiger partial charge in [0.2, 0.25) is 17.7 Å². The molecule has 0 unspecified atom stereocenters. The summed E-state index contributed by atoms with van der Waals surface area (Å²) in [5.74, 6) is 2.71. The Morgan fingerprint density at radius 1 is 0.939 bits per heavy atom. The molecular formula is C51H70N10O5. The summed E-state index contributed by atoms with van der Waals surface area (Å²) in [6, 6.07) is 16.3. The molecule has 4 aliphatic heterocycles. The van der Waals surface area contributed by atoms with Crippen LogP contribution < -0.4 is 20.9 Å². The summed E-state index contributed by atoms with van der Waals surface area (Å²) in [7, 11) is 0. The second-order valence-corrected chi connectivity index (χ2v) is 20.5. The predicted molar refractivity (Wildman–Crippen MR) is 257 cm³/mol. The average Bonchev–Trinajstić information content (AvgIpc) is 3.69. The van der Waals surface area contributed by atoms with Crippen LogP contribution in [0.2, 0.25) is 0 Å². The van der Waals surface area contributed by atoms with Gasteiger partial charge in [0.1, 0.15) is 17.8 Å². The fourth-order valence-corrected chi connectivity index (χ4v) is 10.9. The summed E-state index contributed by atoms with van der Waals surface area (Å²) in [5.41, 5.74) is 3.89. The number of rotatable bonds is 15. The molecule has 4 saturated heterocycles. The Morgan fingerprint density at radius 3 is 2.32 bits per heavy atom. The number of aromatic nitrogens is 2. The molecule has 5 heterocycles. The number of benzene rings is 2. The standard InChI is InChI=1S/C51H70N10O5/c1-6-35-14-16-36(17-15-35)31-53-48(65)43-27-39(62)32-61(43)49(66)46(50(3,4)5)54-45(64)13-10-20-57-21-18-37(19-22-57)60-33-51(34-60)29-38(30-51)58-23-25-59(26-24-58)42-28-41(55-56-47(42)52-7-2)40-11-8-9-12-44(40)63/h1,8-9,11-12,14-17,28,37-39,43,46,62-63H,7,10,13,18-27,29-34H2,2-5H3,(H,52,56)(H,53,65)(H,54,64)/t39-,43+,46-/m1/s1. The van der Waals surface area contributed by atoms with Gasteiger partial charge in [-0.1, -0.05) is 51.0 Å². The predicted octanol–water partition coefficient (Wildman–Crippen LogP) is 3.90. The van der Waals surface area contributed by atoms with Crippen molar-refractivity contribution in [1.29, 1.82) is 0 Å². The maximum Gasteiger partial charge on any atom is 0.246 e. The van der Waals surface area contributed by atoms with E-state index in [0.717, 1.165) is 87.8 Å². The third-order valence-electron chi connectivity index (χ3n) is 14.7. The third-order valence-corrected chi connectivity index (χ3v) is 14.7. The Hall–Kier alpha value is -5.27. The van der Waals surface area contributed by atoms with Crippen molar-refractivity contribution in [1.82, 2.24) is 40.4 Å². The van der Waals surface area contributed by atoms with Crippen molar-refractivity contribution < 1.29 is 24.6 Å². The average molecular weight is 903 g/mol. The zero-order valence-corrected chi connectivity index (χ0v) is 39.3. The number of piperidine rings is 1. The monoisotopic (exact) mass is 903 g/mol. The van der Waals surface area contributed by atoms with Gasteiger partial charge in [-0.2, -0.15) is 0 Å². The molecule has 3 aromatic rings. The van der Waals surface area contributed by atoms with Gasteiger partial charge in [0.15, 0.2) is 5.82 Å². The number of phenolic OH excluding ortho intramolecular Hbond substituents is 1. The number of hydrogen-bond donors (Lipinski definition) is 5. The first-order valence-electron chi connectivity index (χ1n) is 24.2.